The van der Waals surface area contributed by atoms with E-state index in [1.165, 1.54) is 0 Å². The number of nitrogens with zero attached hydrogens (tertiary/aromatic N) is 1. The lowest BCUT2D eigenvalue weighted by molar-refractivity contribution is 0.0676. The van der Waals surface area contributed by atoms with Crippen molar-refractivity contribution in [3.8, 4) is 5.75 Å². The highest BCUT2D eigenvalue weighted by atomic mass is 35.5. The van der Waals surface area contributed by atoms with Crippen molar-refractivity contribution >= 4 is 11.6 Å². The molecule has 0 bridgehead atoms. The fourth-order valence-electron chi connectivity index (χ4n) is 1.76. The van der Waals surface area contributed by atoms with Crippen LogP contribution < -0.4 is 4.74 Å². The number of hydrogen-bond donors (Lipinski definition) is 0. The summed E-state index contributed by atoms with van der Waals surface area (Å²) in [5, 5.41) is 0. The molecule has 1 aromatic heterocycles. The van der Waals surface area contributed by atoms with Crippen molar-refractivity contribution in [1.29, 1.82) is 0 Å². The highest BCUT2D eigenvalue weighted by molar-refractivity contribution is 6.17. The Morgan fingerprint density at radius 3 is 3.19 bits per heavy atom. The van der Waals surface area contributed by atoms with E-state index in [0.717, 1.165) is 36.5 Å². The van der Waals surface area contributed by atoms with Crippen LogP contribution in [-0.4, -0.2) is 24.3 Å². The van der Waals surface area contributed by atoms with E-state index in [0.29, 0.717) is 12.5 Å². The van der Waals surface area contributed by atoms with Crippen LogP contribution in [0.4, 0.5) is 0 Å². The van der Waals surface area contributed by atoms with Gasteiger partial charge in [0, 0.05) is 30.1 Å². The van der Waals surface area contributed by atoms with Crippen LogP contribution in [0.3, 0.4) is 0 Å². The maximum Gasteiger partial charge on any atom is 0.127 e. The minimum absolute atomic E-state index is 0.233. The van der Waals surface area contributed by atoms with Crippen molar-refractivity contribution in [1.82, 2.24) is 4.98 Å². The molecule has 1 atom stereocenters. The smallest absolute Gasteiger partial charge is 0.127 e. The predicted octanol–water partition coefficient (Wildman–Crippen LogP) is 2.69. The summed E-state index contributed by atoms with van der Waals surface area (Å²) < 4.78 is 11.2. The van der Waals surface area contributed by atoms with Gasteiger partial charge < -0.3 is 9.47 Å². The van der Waals surface area contributed by atoms with Gasteiger partial charge in [0.05, 0.1) is 12.0 Å². The van der Waals surface area contributed by atoms with Gasteiger partial charge in [0.25, 0.3) is 0 Å². The van der Waals surface area contributed by atoms with E-state index in [1.54, 1.807) is 6.20 Å². The molecule has 3 nitrogen and oxygen atoms in total. The first-order valence-corrected chi connectivity index (χ1v) is 6.09. The molecule has 88 valence electrons. The first kappa shape index (κ1) is 11.7. The Hall–Kier alpha value is -0.800. The first-order valence-electron chi connectivity index (χ1n) is 5.55. The van der Waals surface area contributed by atoms with Gasteiger partial charge in [0.15, 0.2) is 0 Å². The Bertz CT molecular complexity index is 351. The minimum atomic E-state index is 0.233. The van der Waals surface area contributed by atoms with Gasteiger partial charge in [-0.3, -0.25) is 4.98 Å². The zero-order chi connectivity index (χ0) is 11.4. The molecular weight excluding hydrogens is 226 g/mol. The fraction of sp³-hybridized carbons (Fsp3) is 0.583. The van der Waals surface area contributed by atoms with Crippen molar-refractivity contribution in [3.63, 3.8) is 0 Å². The summed E-state index contributed by atoms with van der Waals surface area (Å²) >= 11 is 5.83. The lowest BCUT2D eigenvalue weighted by Crippen LogP contribution is -2.16. The standard InChI is InChI=1S/C12H16ClNO2/c1-9-5-12(10(6-13)7-14-9)16-8-11-3-2-4-15-11/h5,7,11H,2-4,6,8H2,1H3. The number of ether oxygens (including phenoxy) is 2. The quantitative estimate of drug-likeness (QED) is 0.760. The van der Waals surface area contributed by atoms with Gasteiger partial charge in [-0.2, -0.15) is 0 Å². The van der Waals surface area contributed by atoms with Crippen LogP contribution >= 0.6 is 11.6 Å². The van der Waals surface area contributed by atoms with E-state index in [9.17, 15) is 0 Å². The van der Waals surface area contributed by atoms with Crippen molar-refractivity contribution in [3.05, 3.63) is 23.5 Å². The van der Waals surface area contributed by atoms with Crippen molar-refractivity contribution in [2.75, 3.05) is 13.2 Å². The third kappa shape index (κ3) is 2.86. The molecule has 0 saturated carbocycles. The molecule has 2 rings (SSSR count). The molecule has 1 aliphatic heterocycles. The zero-order valence-electron chi connectivity index (χ0n) is 9.41. The normalized spacial score (nSPS) is 20.0. The summed E-state index contributed by atoms with van der Waals surface area (Å²) in [5.41, 5.74) is 1.88. The summed E-state index contributed by atoms with van der Waals surface area (Å²) in [4.78, 5) is 4.19. The molecule has 1 unspecified atom stereocenters. The van der Waals surface area contributed by atoms with Gasteiger partial charge in [-0.25, -0.2) is 0 Å². The second-order valence-electron chi connectivity index (χ2n) is 4.01. The van der Waals surface area contributed by atoms with Crippen LogP contribution in [0.1, 0.15) is 24.1 Å². The summed E-state index contributed by atoms with van der Waals surface area (Å²) in [6, 6.07) is 1.92. The molecule has 16 heavy (non-hydrogen) atoms. The molecule has 4 heteroatoms. The highest BCUT2D eigenvalue weighted by Crippen LogP contribution is 2.22. The maximum absolute atomic E-state index is 5.83. The highest BCUT2D eigenvalue weighted by Gasteiger charge is 2.16. The van der Waals surface area contributed by atoms with E-state index >= 15 is 0 Å². The molecule has 1 fully saturated rings. The monoisotopic (exact) mass is 241 g/mol. The number of halogens is 1. The van der Waals surface area contributed by atoms with Crippen LogP contribution in [-0.2, 0) is 10.6 Å². The van der Waals surface area contributed by atoms with Gasteiger partial charge in [-0.15, -0.1) is 11.6 Å². The number of aromatic nitrogens is 1. The number of pyridine rings is 1. The van der Waals surface area contributed by atoms with Gasteiger partial charge in [-0.1, -0.05) is 0 Å². The Morgan fingerprint density at radius 2 is 2.50 bits per heavy atom. The molecule has 0 spiro atoms. The van der Waals surface area contributed by atoms with Gasteiger partial charge >= 0.3 is 0 Å². The summed E-state index contributed by atoms with van der Waals surface area (Å²) in [7, 11) is 0. The second kappa shape index (κ2) is 5.51. The van der Waals surface area contributed by atoms with Gasteiger partial charge in [0.2, 0.25) is 0 Å². The molecule has 1 aliphatic rings. The molecule has 0 radical (unpaired) electrons. The Balaban J connectivity index is 1.98. The molecule has 0 N–H and O–H groups in total. The minimum Gasteiger partial charge on any atom is -0.490 e. The lowest BCUT2D eigenvalue weighted by Gasteiger charge is -2.13. The van der Waals surface area contributed by atoms with Crippen molar-refractivity contribution in [2.45, 2.75) is 31.7 Å². The largest absolute Gasteiger partial charge is 0.490 e. The second-order valence-corrected chi connectivity index (χ2v) is 4.28. The Labute approximate surface area is 101 Å². The first-order chi connectivity index (χ1) is 7.79. The van der Waals surface area contributed by atoms with E-state index in [4.69, 9.17) is 21.1 Å². The van der Waals surface area contributed by atoms with E-state index in [1.807, 2.05) is 13.0 Å². The van der Waals surface area contributed by atoms with E-state index < -0.39 is 0 Å². The summed E-state index contributed by atoms with van der Waals surface area (Å²) in [5.74, 6) is 1.26. The average molecular weight is 242 g/mol. The molecule has 0 aliphatic carbocycles. The molecule has 0 aromatic carbocycles. The van der Waals surface area contributed by atoms with Crippen molar-refractivity contribution in [2.24, 2.45) is 0 Å². The number of hydrogen-bond acceptors (Lipinski definition) is 3. The van der Waals surface area contributed by atoms with Crippen LogP contribution in [0, 0.1) is 6.92 Å². The van der Waals surface area contributed by atoms with Crippen molar-refractivity contribution < 1.29 is 9.47 Å². The Kier molecular flexibility index (Phi) is 4.02. The van der Waals surface area contributed by atoms with Crippen LogP contribution in [0.15, 0.2) is 12.3 Å². The Morgan fingerprint density at radius 1 is 1.62 bits per heavy atom. The third-order valence-electron chi connectivity index (χ3n) is 2.67. The fourth-order valence-corrected chi connectivity index (χ4v) is 1.96. The molecule has 1 saturated heterocycles. The van der Waals surface area contributed by atoms with Gasteiger partial charge in [0.1, 0.15) is 12.4 Å². The average Bonchev–Trinajstić information content (AvgIpc) is 2.79. The van der Waals surface area contributed by atoms with Crippen LogP contribution in [0.2, 0.25) is 0 Å². The number of aryl methyl sites for hydroxylation is 1. The van der Waals surface area contributed by atoms with Gasteiger partial charge in [-0.05, 0) is 19.8 Å². The zero-order valence-corrected chi connectivity index (χ0v) is 10.2. The molecule has 0 amide bonds. The molecular formula is C12H16ClNO2. The summed E-state index contributed by atoms with van der Waals surface area (Å²) in [6.45, 7) is 3.40. The summed E-state index contributed by atoms with van der Waals surface area (Å²) in [6.07, 6.45) is 4.22. The van der Waals surface area contributed by atoms with Crippen LogP contribution in [0.5, 0.6) is 5.75 Å². The number of rotatable bonds is 4. The maximum atomic E-state index is 5.83. The number of alkyl halides is 1. The molecule has 1 aromatic rings. The van der Waals surface area contributed by atoms with E-state index in [2.05, 4.69) is 4.98 Å². The van der Waals surface area contributed by atoms with Crippen LogP contribution in [0.25, 0.3) is 0 Å². The topological polar surface area (TPSA) is 31.4 Å². The predicted molar refractivity (Wildman–Crippen MR) is 63.0 cm³/mol. The van der Waals surface area contributed by atoms with E-state index in [-0.39, 0.29) is 6.10 Å². The molecule has 2 heterocycles. The SMILES string of the molecule is Cc1cc(OCC2CCCO2)c(CCl)cn1. The lowest BCUT2D eigenvalue weighted by atomic mass is 10.2. The third-order valence-corrected chi connectivity index (χ3v) is 2.96.